The molecule has 5 aromatic rings. The van der Waals surface area contributed by atoms with E-state index in [1.165, 1.54) is 0 Å². The molecule has 1 atom stereocenters. The number of hydrogen-bond acceptors (Lipinski definition) is 3. The minimum absolute atomic E-state index is 0.0433. The number of H-pyrrole nitrogens is 1. The summed E-state index contributed by atoms with van der Waals surface area (Å²) in [6, 6.07) is 28.2. The number of aromatic amines is 1. The Kier molecular flexibility index (Phi) is 8.02. The normalized spacial score (nSPS) is 12.2. The Morgan fingerprint density at radius 3 is 1.82 bits per heavy atom. The van der Waals surface area contributed by atoms with E-state index in [0.29, 0.717) is 19.3 Å². The fourth-order valence-electron chi connectivity index (χ4n) is 5.23. The molecule has 0 spiro atoms. The average molecular weight is 519 g/mol. The Morgan fingerprint density at radius 1 is 0.718 bits per heavy atom. The smallest absolute Gasteiger partial charge is 0.243 e. The fraction of sp³-hybridized carbons (Fsp3) is 0.242. The van der Waals surface area contributed by atoms with Crippen LogP contribution in [0.2, 0.25) is 0 Å². The van der Waals surface area contributed by atoms with Gasteiger partial charge in [-0.05, 0) is 59.4 Å². The lowest BCUT2D eigenvalue weighted by Crippen LogP contribution is -2.51. The highest BCUT2D eigenvalue weighted by Gasteiger charge is 2.28. The van der Waals surface area contributed by atoms with E-state index < -0.39 is 6.04 Å². The van der Waals surface area contributed by atoms with Crippen molar-refractivity contribution in [3.8, 4) is 0 Å². The van der Waals surface area contributed by atoms with Crippen LogP contribution < -0.4 is 10.6 Å². The average Bonchev–Trinajstić information content (AvgIpc) is 3.45. The summed E-state index contributed by atoms with van der Waals surface area (Å²) >= 11 is 0. The van der Waals surface area contributed by atoms with Crippen molar-refractivity contribution in [3.63, 3.8) is 0 Å². The van der Waals surface area contributed by atoms with Crippen molar-refractivity contribution in [1.29, 1.82) is 0 Å². The van der Waals surface area contributed by atoms with Crippen LogP contribution in [-0.2, 0) is 28.9 Å². The van der Waals surface area contributed by atoms with Crippen molar-refractivity contribution in [2.24, 2.45) is 5.92 Å². The lowest BCUT2D eigenvalue weighted by atomic mass is 9.87. The van der Waals surface area contributed by atoms with Crippen LogP contribution in [0.5, 0.6) is 0 Å². The number of benzene rings is 4. The minimum Gasteiger partial charge on any atom is -0.352 e. The predicted molar refractivity (Wildman–Crippen MR) is 156 cm³/mol. The molecule has 6 nitrogen and oxygen atoms in total. The number of imidazole rings is 1. The van der Waals surface area contributed by atoms with Gasteiger partial charge in [0.25, 0.3) is 0 Å². The van der Waals surface area contributed by atoms with Gasteiger partial charge in [0, 0.05) is 24.6 Å². The highest BCUT2D eigenvalue weighted by atomic mass is 16.2. The Morgan fingerprint density at radius 2 is 1.28 bits per heavy atom. The number of carbonyl (C=O) groups is 2. The summed E-state index contributed by atoms with van der Waals surface area (Å²) in [4.78, 5) is 34.4. The number of carbonyl (C=O) groups excluding carboxylic acids is 2. The third kappa shape index (κ3) is 6.34. The lowest BCUT2D eigenvalue weighted by Gasteiger charge is -2.24. The monoisotopic (exact) mass is 518 g/mol. The Labute approximate surface area is 228 Å². The molecule has 4 aromatic carbocycles. The summed E-state index contributed by atoms with van der Waals surface area (Å²) in [6.07, 6.45) is 4.75. The zero-order chi connectivity index (χ0) is 27.2. The fourth-order valence-corrected chi connectivity index (χ4v) is 5.23. The molecular weight excluding hydrogens is 484 g/mol. The van der Waals surface area contributed by atoms with Crippen LogP contribution in [0.15, 0.2) is 97.5 Å². The van der Waals surface area contributed by atoms with Crippen molar-refractivity contribution >= 4 is 33.4 Å². The number of fused-ring (bicyclic) bond motifs is 2. The maximum Gasteiger partial charge on any atom is 0.243 e. The van der Waals surface area contributed by atoms with Gasteiger partial charge < -0.3 is 15.6 Å². The van der Waals surface area contributed by atoms with Gasteiger partial charge in [-0.2, -0.15) is 0 Å². The molecule has 0 aliphatic rings. The van der Waals surface area contributed by atoms with E-state index in [-0.39, 0.29) is 23.8 Å². The quantitative estimate of drug-likeness (QED) is 0.232. The third-order valence-corrected chi connectivity index (χ3v) is 7.10. The topological polar surface area (TPSA) is 86.9 Å². The summed E-state index contributed by atoms with van der Waals surface area (Å²) in [6.45, 7) is 3.82. The number of aromatic nitrogens is 2. The summed E-state index contributed by atoms with van der Waals surface area (Å²) in [7, 11) is 0. The van der Waals surface area contributed by atoms with Crippen LogP contribution in [0, 0.1) is 5.92 Å². The van der Waals surface area contributed by atoms with Gasteiger partial charge in [0.1, 0.15) is 6.04 Å². The van der Waals surface area contributed by atoms with Crippen LogP contribution in [0.25, 0.3) is 21.5 Å². The van der Waals surface area contributed by atoms with Gasteiger partial charge in [0.15, 0.2) is 0 Å². The third-order valence-electron chi connectivity index (χ3n) is 7.10. The molecule has 0 fully saturated rings. The van der Waals surface area contributed by atoms with Crippen LogP contribution in [0.4, 0.5) is 0 Å². The van der Waals surface area contributed by atoms with Gasteiger partial charge in [-0.1, -0.05) is 84.9 Å². The molecule has 0 radical (unpaired) electrons. The Bertz CT molecular complexity index is 1480. The SMILES string of the molecule is CC(C)NC(=O)C(Cc1c[nH]cn1)NC(=O)C(Cc1cccc2ccccc12)Cc1cccc2ccccc12. The second-order valence-electron chi connectivity index (χ2n) is 10.4. The first-order chi connectivity index (χ1) is 19.0. The maximum absolute atomic E-state index is 14.0. The van der Waals surface area contributed by atoms with E-state index in [2.05, 4.69) is 69.1 Å². The molecule has 2 amide bonds. The van der Waals surface area contributed by atoms with E-state index in [9.17, 15) is 9.59 Å². The summed E-state index contributed by atoms with van der Waals surface area (Å²) < 4.78 is 0. The minimum atomic E-state index is -0.731. The molecule has 1 unspecified atom stereocenters. The van der Waals surface area contributed by atoms with Crippen LogP contribution in [0.3, 0.4) is 0 Å². The molecule has 1 heterocycles. The lowest BCUT2D eigenvalue weighted by molar-refractivity contribution is -0.131. The molecule has 0 aliphatic carbocycles. The molecule has 0 bridgehead atoms. The Hall–Kier alpha value is -4.45. The largest absolute Gasteiger partial charge is 0.352 e. The zero-order valence-electron chi connectivity index (χ0n) is 22.4. The number of nitrogens with one attached hydrogen (secondary N) is 3. The molecule has 39 heavy (non-hydrogen) atoms. The first-order valence-electron chi connectivity index (χ1n) is 13.5. The van der Waals surface area contributed by atoms with E-state index in [0.717, 1.165) is 38.4 Å². The van der Waals surface area contributed by atoms with Gasteiger partial charge in [-0.15, -0.1) is 0 Å². The van der Waals surface area contributed by atoms with Gasteiger partial charge in [0.2, 0.25) is 11.8 Å². The molecule has 5 rings (SSSR count). The highest BCUT2D eigenvalue weighted by molar-refractivity contribution is 5.91. The number of rotatable bonds is 10. The van der Waals surface area contributed by atoms with E-state index in [1.54, 1.807) is 12.5 Å². The summed E-state index contributed by atoms with van der Waals surface area (Å²) in [5.74, 6) is -0.735. The molecule has 0 aliphatic heterocycles. The van der Waals surface area contributed by atoms with Crippen molar-refractivity contribution in [2.45, 2.75) is 45.2 Å². The first kappa shape index (κ1) is 26.2. The maximum atomic E-state index is 14.0. The molecular formula is C33H34N4O2. The molecule has 0 saturated carbocycles. The number of hydrogen-bond donors (Lipinski definition) is 3. The molecule has 0 saturated heterocycles. The molecule has 1 aromatic heterocycles. The Balaban J connectivity index is 1.48. The van der Waals surface area contributed by atoms with Crippen LogP contribution >= 0.6 is 0 Å². The van der Waals surface area contributed by atoms with Crippen molar-refractivity contribution < 1.29 is 9.59 Å². The summed E-state index contributed by atoms with van der Waals surface area (Å²) in [5, 5.41) is 10.6. The predicted octanol–water partition coefficient (Wildman–Crippen LogP) is 5.37. The van der Waals surface area contributed by atoms with Crippen molar-refractivity contribution in [1.82, 2.24) is 20.6 Å². The summed E-state index contributed by atoms with van der Waals surface area (Å²) in [5.41, 5.74) is 2.95. The standard InChI is InChI=1S/C33H34N4O2/c1-22(2)36-33(39)31(19-28-20-34-21-35-28)37-32(38)27(17-25-13-7-11-23-9-3-5-15-29(23)25)18-26-14-8-12-24-10-4-6-16-30(24)26/h3-16,20-22,27,31H,17-19H2,1-2H3,(H,34,35)(H,36,39)(H,37,38). The van der Waals surface area contributed by atoms with Crippen LogP contribution in [-0.4, -0.2) is 33.9 Å². The van der Waals surface area contributed by atoms with Gasteiger partial charge in [-0.25, -0.2) is 4.98 Å². The van der Waals surface area contributed by atoms with Gasteiger partial charge >= 0.3 is 0 Å². The number of amides is 2. The van der Waals surface area contributed by atoms with Crippen molar-refractivity contribution in [2.75, 3.05) is 0 Å². The van der Waals surface area contributed by atoms with E-state index in [4.69, 9.17) is 0 Å². The first-order valence-corrected chi connectivity index (χ1v) is 13.5. The number of nitrogens with zero attached hydrogens (tertiary/aromatic N) is 1. The van der Waals surface area contributed by atoms with E-state index >= 15 is 0 Å². The zero-order valence-corrected chi connectivity index (χ0v) is 22.4. The van der Waals surface area contributed by atoms with Gasteiger partial charge in [-0.3, -0.25) is 9.59 Å². The van der Waals surface area contributed by atoms with Crippen molar-refractivity contribution in [3.05, 3.63) is 114 Å². The van der Waals surface area contributed by atoms with E-state index in [1.807, 2.05) is 50.2 Å². The second-order valence-corrected chi connectivity index (χ2v) is 10.4. The molecule has 6 heteroatoms. The second kappa shape index (κ2) is 11.9. The van der Waals surface area contributed by atoms with Gasteiger partial charge in [0.05, 0.1) is 12.0 Å². The molecule has 198 valence electrons. The molecule has 3 N–H and O–H groups in total. The van der Waals surface area contributed by atoms with Crippen LogP contribution in [0.1, 0.15) is 30.7 Å². The highest BCUT2D eigenvalue weighted by Crippen LogP contribution is 2.26.